The van der Waals surface area contributed by atoms with Gasteiger partial charge >= 0.3 is 0 Å². The number of ether oxygens (including phenoxy) is 1. The Balaban J connectivity index is 1.21. The number of halogens is 1. The fraction of sp³-hybridized carbons (Fsp3) is 0.185. The Morgan fingerprint density at radius 1 is 0.973 bits per heavy atom. The molecule has 10 heteroatoms. The largest absolute Gasteiger partial charge is 0.488 e. The summed E-state index contributed by atoms with van der Waals surface area (Å²) in [7, 11) is 0. The van der Waals surface area contributed by atoms with Crippen LogP contribution >= 0.6 is 23.4 Å². The molecule has 0 unspecified atom stereocenters. The number of rotatable bonds is 6. The number of hydrogen-bond donors (Lipinski definition) is 0. The van der Waals surface area contributed by atoms with E-state index in [9.17, 15) is 14.9 Å². The van der Waals surface area contributed by atoms with Gasteiger partial charge in [-0.1, -0.05) is 29.8 Å². The molecule has 0 N–H and O–H groups in total. The summed E-state index contributed by atoms with van der Waals surface area (Å²) in [5, 5.41) is 12.3. The lowest BCUT2D eigenvalue weighted by Crippen LogP contribution is -2.47. The number of carbonyl (C=O) groups excluding carboxylic acids is 1. The summed E-state index contributed by atoms with van der Waals surface area (Å²) in [5.74, 6) is 0.358. The van der Waals surface area contributed by atoms with Gasteiger partial charge in [0.25, 0.3) is 11.6 Å². The van der Waals surface area contributed by atoms with Crippen molar-refractivity contribution in [1.82, 2.24) is 4.90 Å². The highest BCUT2D eigenvalue weighted by Crippen LogP contribution is 2.33. The van der Waals surface area contributed by atoms with Gasteiger partial charge in [0.15, 0.2) is 5.17 Å². The second-order valence-corrected chi connectivity index (χ2v) is 9.96. The fourth-order valence-corrected chi connectivity index (χ4v) is 5.17. The van der Waals surface area contributed by atoms with Crippen molar-refractivity contribution in [2.45, 2.75) is 6.61 Å². The van der Waals surface area contributed by atoms with E-state index in [1.165, 1.54) is 23.9 Å². The van der Waals surface area contributed by atoms with Crippen molar-refractivity contribution in [3.63, 3.8) is 0 Å². The molecule has 1 saturated heterocycles. The molecule has 188 valence electrons. The van der Waals surface area contributed by atoms with Crippen molar-refractivity contribution in [2.24, 2.45) is 4.99 Å². The normalized spacial score (nSPS) is 16.7. The van der Waals surface area contributed by atoms with Crippen LogP contribution in [0.4, 0.5) is 11.4 Å². The number of hydrogen-bond acceptors (Lipinski definition) is 7. The Morgan fingerprint density at radius 3 is 2.35 bits per heavy atom. The molecule has 1 amide bonds. The first kappa shape index (κ1) is 24.9. The maximum atomic E-state index is 12.7. The maximum Gasteiger partial charge on any atom is 0.286 e. The van der Waals surface area contributed by atoms with Gasteiger partial charge in [0, 0.05) is 54.6 Å². The van der Waals surface area contributed by atoms with E-state index in [-0.39, 0.29) is 18.2 Å². The Hall–Kier alpha value is -3.82. The molecule has 0 bridgehead atoms. The van der Waals surface area contributed by atoms with E-state index in [2.05, 4.69) is 14.8 Å². The first-order valence-electron chi connectivity index (χ1n) is 11.7. The third kappa shape index (κ3) is 5.95. The molecule has 0 spiro atoms. The summed E-state index contributed by atoms with van der Waals surface area (Å²) < 4.78 is 5.98. The lowest BCUT2D eigenvalue weighted by molar-refractivity contribution is -0.384. The Morgan fingerprint density at radius 2 is 1.65 bits per heavy atom. The number of aliphatic imine (C=N–C) groups is 1. The van der Waals surface area contributed by atoms with E-state index in [4.69, 9.17) is 16.3 Å². The van der Waals surface area contributed by atoms with Gasteiger partial charge in [0.2, 0.25) is 0 Å². The Labute approximate surface area is 223 Å². The number of amidine groups is 1. The minimum atomic E-state index is -0.432. The van der Waals surface area contributed by atoms with Crippen LogP contribution in [0.15, 0.2) is 82.7 Å². The topological polar surface area (TPSA) is 88.3 Å². The van der Waals surface area contributed by atoms with Crippen LogP contribution in [0.5, 0.6) is 5.75 Å². The summed E-state index contributed by atoms with van der Waals surface area (Å²) in [6.45, 7) is 3.44. The van der Waals surface area contributed by atoms with Gasteiger partial charge in [-0.15, -0.1) is 0 Å². The van der Waals surface area contributed by atoms with E-state index in [0.29, 0.717) is 10.7 Å². The fourth-order valence-electron chi connectivity index (χ4n) is 4.09. The van der Waals surface area contributed by atoms with Crippen molar-refractivity contribution >= 4 is 51.9 Å². The van der Waals surface area contributed by atoms with Crippen molar-refractivity contribution < 1.29 is 14.5 Å². The predicted molar refractivity (Wildman–Crippen MR) is 147 cm³/mol. The number of piperazine rings is 1. The van der Waals surface area contributed by atoms with Crippen LogP contribution in [-0.4, -0.2) is 47.1 Å². The molecule has 8 nitrogen and oxygen atoms in total. The van der Waals surface area contributed by atoms with Crippen molar-refractivity contribution in [2.75, 3.05) is 31.1 Å². The number of nitro benzene ring substituents is 1. The third-order valence-electron chi connectivity index (χ3n) is 6.10. The molecule has 2 aliphatic heterocycles. The molecule has 5 rings (SSSR count). The van der Waals surface area contributed by atoms with Crippen LogP contribution in [0.2, 0.25) is 5.02 Å². The summed E-state index contributed by atoms with van der Waals surface area (Å²) in [6, 6.07) is 21.5. The average molecular weight is 535 g/mol. The second-order valence-electron chi connectivity index (χ2n) is 8.51. The van der Waals surface area contributed by atoms with E-state index in [1.54, 1.807) is 18.2 Å². The first-order valence-corrected chi connectivity index (χ1v) is 12.9. The van der Waals surface area contributed by atoms with Crippen molar-refractivity contribution in [3.8, 4) is 5.75 Å². The molecule has 2 heterocycles. The molecular weight excluding hydrogens is 512 g/mol. The third-order valence-corrected chi connectivity index (χ3v) is 7.39. The smallest absolute Gasteiger partial charge is 0.286 e. The zero-order chi connectivity index (χ0) is 25.8. The van der Waals surface area contributed by atoms with Crippen LogP contribution < -0.4 is 9.64 Å². The highest BCUT2D eigenvalue weighted by molar-refractivity contribution is 8.18. The maximum absolute atomic E-state index is 12.7. The molecule has 0 atom stereocenters. The van der Waals surface area contributed by atoms with Crippen LogP contribution in [-0.2, 0) is 11.4 Å². The number of non-ortho nitro benzene ring substituents is 1. The number of nitro groups is 1. The quantitative estimate of drug-likeness (QED) is 0.230. The number of para-hydroxylation sites is 1. The number of anilines is 1. The number of benzene rings is 3. The first-order chi connectivity index (χ1) is 18.0. The standard InChI is InChI=1S/C27H23ClN4O4S/c28-21-7-11-22(12-8-21)30-13-15-31(16-14-30)27-29-26(33)25(37-27)17-20-3-1-2-4-24(20)36-18-19-5-9-23(10-6-19)32(34)35/h1-12,17H,13-16,18H2/b25-17+. The monoisotopic (exact) mass is 534 g/mol. The molecule has 2 aliphatic rings. The zero-order valence-corrected chi connectivity index (χ0v) is 21.3. The van der Waals surface area contributed by atoms with Gasteiger partial charge < -0.3 is 14.5 Å². The molecule has 3 aromatic carbocycles. The number of nitrogens with zero attached hydrogens (tertiary/aromatic N) is 4. The summed E-state index contributed by atoms with van der Waals surface area (Å²) in [5.41, 5.74) is 2.74. The lowest BCUT2D eigenvalue weighted by Gasteiger charge is -2.36. The highest BCUT2D eigenvalue weighted by Gasteiger charge is 2.28. The Bertz CT molecular complexity index is 1370. The van der Waals surface area contributed by atoms with Crippen LogP contribution in [0.3, 0.4) is 0 Å². The van der Waals surface area contributed by atoms with Crippen LogP contribution in [0, 0.1) is 10.1 Å². The zero-order valence-electron chi connectivity index (χ0n) is 19.7. The minimum absolute atomic E-state index is 0.0350. The number of amides is 1. The van der Waals surface area contributed by atoms with Crippen molar-refractivity contribution in [3.05, 3.63) is 104 Å². The van der Waals surface area contributed by atoms with E-state index < -0.39 is 4.92 Å². The molecule has 37 heavy (non-hydrogen) atoms. The average Bonchev–Trinajstić information content (AvgIpc) is 3.29. The van der Waals surface area contributed by atoms with Gasteiger partial charge in [0.1, 0.15) is 12.4 Å². The Kier molecular flexibility index (Phi) is 7.43. The predicted octanol–water partition coefficient (Wildman–Crippen LogP) is 5.62. The van der Waals surface area contributed by atoms with Gasteiger partial charge in [-0.2, -0.15) is 4.99 Å². The van der Waals surface area contributed by atoms with Crippen LogP contribution in [0.1, 0.15) is 11.1 Å². The molecule has 0 aliphatic carbocycles. The highest BCUT2D eigenvalue weighted by atomic mass is 35.5. The van der Waals surface area contributed by atoms with Gasteiger partial charge in [-0.3, -0.25) is 14.9 Å². The van der Waals surface area contributed by atoms with E-state index >= 15 is 0 Å². The van der Waals surface area contributed by atoms with Gasteiger partial charge in [-0.05, 0) is 65.9 Å². The lowest BCUT2D eigenvalue weighted by atomic mass is 10.1. The molecule has 0 aromatic heterocycles. The minimum Gasteiger partial charge on any atom is -0.488 e. The molecule has 1 fully saturated rings. The van der Waals surface area contributed by atoms with E-state index in [0.717, 1.165) is 53.2 Å². The number of carbonyl (C=O) groups is 1. The summed E-state index contributed by atoms with van der Waals surface area (Å²) in [6.07, 6.45) is 1.80. The molecular formula is C27H23ClN4O4S. The summed E-state index contributed by atoms with van der Waals surface area (Å²) >= 11 is 7.38. The van der Waals surface area contributed by atoms with E-state index in [1.807, 2.05) is 48.5 Å². The molecule has 3 aromatic rings. The molecule has 0 saturated carbocycles. The van der Waals surface area contributed by atoms with Gasteiger partial charge in [0.05, 0.1) is 9.83 Å². The van der Waals surface area contributed by atoms with Gasteiger partial charge in [-0.25, -0.2) is 0 Å². The number of thioether (sulfide) groups is 1. The SMILES string of the molecule is O=C1N=C(N2CCN(c3ccc(Cl)cc3)CC2)S/C1=C/c1ccccc1OCc1ccc([N+](=O)[O-])cc1. The van der Waals surface area contributed by atoms with Crippen molar-refractivity contribution in [1.29, 1.82) is 0 Å². The second kappa shape index (κ2) is 11.1. The summed E-state index contributed by atoms with van der Waals surface area (Å²) in [4.78, 5) is 32.4. The van der Waals surface area contributed by atoms with Crippen LogP contribution in [0.25, 0.3) is 6.08 Å². The molecule has 0 radical (unpaired) electrons.